The van der Waals surface area contributed by atoms with Gasteiger partial charge in [0.15, 0.2) is 0 Å². The molecule has 0 bridgehead atoms. The van der Waals surface area contributed by atoms with E-state index in [0.29, 0.717) is 34.0 Å². The number of esters is 1. The molecule has 0 radical (unpaired) electrons. The van der Waals surface area contributed by atoms with Crippen molar-refractivity contribution in [2.75, 3.05) is 12.4 Å². The maximum absolute atomic E-state index is 12.5. The molecule has 1 aromatic heterocycles. The quantitative estimate of drug-likeness (QED) is 0.727. The average Bonchev–Trinajstić information content (AvgIpc) is 2.63. The molecular formula is C18H16ClN3O3. The fourth-order valence-electron chi connectivity index (χ4n) is 2.46. The molecule has 0 atom stereocenters. The summed E-state index contributed by atoms with van der Waals surface area (Å²) in [6.07, 6.45) is 0. The molecule has 1 heterocycles. The highest BCUT2D eigenvalue weighted by atomic mass is 35.5. The van der Waals surface area contributed by atoms with Crippen LogP contribution in [0.3, 0.4) is 0 Å². The summed E-state index contributed by atoms with van der Waals surface area (Å²) in [5, 5.41) is 4.24. The molecule has 25 heavy (non-hydrogen) atoms. The maximum Gasteiger partial charge on any atom is 0.337 e. The molecule has 0 spiro atoms. The summed E-state index contributed by atoms with van der Waals surface area (Å²) in [6, 6.07) is 12.1. The third-order valence-electron chi connectivity index (χ3n) is 3.86. The first kappa shape index (κ1) is 17.0. The summed E-state index contributed by atoms with van der Waals surface area (Å²) in [7, 11) is 2.95. The highest BCUT2D eigenvalue weighted by molar-refractivity contribution is 6.30. The molecule has 0 saturated heterocycles. The number of carbonyl (C=O) groups is 1. The maximum atomic E-state index is 12.5. The number of aromatic nitrogens is 2. The summed E-state index contributed by atoms with van der Waals surface area (Å²) in [6.45, 7) is 0.486. The van der Waals surface area contributed by atoms with Gasteiger partial charge in [0.2, 0.25) is 5.95 Å². The Morgan fingerprint density at radius 3 is 2.64 bits per heavy atom. The normalized spacial score (nSPS) is 10.7. The number of benzene rings is 2. The molecule has 6 nitrogen and oxygen atoms in total. The van der Waals surface area contributed by atoms with Crippen LogP contribution in [0.25, 0.3) is 10.9 Å². The van der Waals surface area contributed by atoms with Crippen LogP contribution in [0.1, 0.15) is 15.9 Å². The predicted octanol–water partition coefficient (Wildman–Crippen LogP) is 2.99. The summed E-state index contributed by atoms with van der Waals surface area (Å²) >= 11 is 5.88. The number of nitrogens with zero attached hydrogens (tertiary/aromatic N) is 2. The summed E-state index contributed by atoms with van der Waals surface area (Å²) in [5.41, 5.74) is 1.59. The summed E-state index contributed by atoms with van der Waals surface area (Å²) < 4.78 is 6.15. The van der Waals surface area contributed by atoms with Crippen LogP contribution in [0, 0.1) is 0 Å². The zero-order valence-corrected chi connectivity index (χ0v) is 14.5. The second-order valence-electron chi connectivity index (χ2n) is 5.50. The highest BCUT2D eigenvalue weighted by Gasteiger charge is 2.12. The number of ether oxygens (including phenoxy) is 1. The highest BCUT2D eigenvalue weighted by Crippen LogP contribution is 2.15. The van der Waals surface area contributed by atoms with E-state index in [1.807, 2.05) is 12.1 Å². The zero-order valence-electron chi connectivity index (χ0n) is 13.7. The molecule has 3 rings (SSSR count). The van der Waals surface area contributed by atoms with E-state index in [2.05, 4.69) is 10.3 Å². The van der Waals surface area contributed by atoms with Crippen LogP contribution < -0.4 is 10.9 Å². The lowest BCUT2D eigenvalue weighted by atomic mass is 10.1. The van der Waals surface area contributed by atoms with Crippen LogP contribution in [0.15, 0.2) is 47.3 Å². The van der Waals surface area contributed by atoms with Gasteiger partial charge in [-0.25, -0.2) is 9.78 Å². The molecule has 0 aliphatic carbocycles. The molecular weight excluding hydrogens is 342 g/mol. The topological polar surface area (TPSA) is 73.2 Å². The smallest absolute Gasteiger partial charge is 0.337 e. The van der Waals surface area contributed by atoms with Crippen molar-refractivity contribution in [1.29, 1.82) is 0 Å². The lowest BCUT2D eigenvalue weighted by Crippen LogP contribution is -2.22. The standard InChI is InChI=1S/C18H16ClN3O3/c1-22-16(23)14-8-5-12(17(24)25-2)9-15(14)21-18(22)20-10-11-3-6-13(19)7-4-11/h3-9H,10H2,1-2H3,(H,20,21). The Labute approximate surface area is 149 Å². The molecule has 3 aromatic rings. The van der Waals surface area contributed by atoms with Gasteiger partial charge in [0.1, 0.15) is 0 Å². The van der Waals surface area contributed by atoms with E-state index in [-0.39, 0.29) is 5.56 Å². The number of halogens is 1. The number of hydrogen-bond acceptors (Lipinski definition) is 5. The molecule has 0 aliphatic rings. The molecule has 0 fully saturated rings. The van der Waals surface area contributed by atoms with E-state index in [9.17, 15) is 9.59 Å². The Bertz CT molecular complexity index is 997. The van der Waals surface area contributed by atoms with E-state index in [1.54, 1.807) is 37.4 Å². The van der Waals surface area contributed by atoms with Gasteiger partial charge in [-0.1, -0.05) is 23.7 Å². The number of methoxy groups -OCH3 is 1. The Balaban J connectivity index is 1.96. The second kappa shape index (κ2) is 6.94. The van der Waals surface area contributed by atoms with Crippen LogP contribution in [0.2, 0.25) is 5.02 Å². The Morgan fingerprint density at radius 2 is 1.96 bits per heavy atom. The Kier molecular flexibility index (Phi) is 4.72. The Morgan fingerprint density at radius 1 is 1.24 bits per heavy atom. The van der Waals surface area contributed by atoms with Crippen molar-refractivity contribution >= 4 is 34.4 Å². The minimum Gasteiger partial charge on any atom is -0.465 e. The number of hydrogen-bond donors (Lipinski definition) is 1. The van der Waals surface area contributed by atoms with Crippen LogP contribution >= 0.6 is 11.6 Å². The molecule has 7 heteroatoms. The first-order chi connectivity index (χ1) is 12.0. The van der Waals surface area contributed by atoms with Crippen molar-refractivity contribution in [2.45, 2.75) is 6.54 Å². The van der Waals surface area contributed by atoms with E-state index in [1.165, 1.54) is 11.7 Å². The minimum absolute atomic E-state index is 0.194. The third-order valence-corrected chi connectivity index (χ3v) is 4.11. The fraction of sp³-hybridized carbons (Fsp3) is 0.167. The summed E-state index contributed by atoms with van der Waals surface area (Å²) in [4.78, 5) is 28.6. The van der Waals surface area contributed by atoms with Crippen LogP contribution in [-0.2, 0) is 18.3 Å². The number of nitrogens with one attached hydrogen (secondary N) is 1. The van der Waals surface area contributed by atoms with Gasteiger partial charge in [0, 0.05) is 18.6 Å². The zero-order chi connectivity index (χ0) is 18.0. The second-order valence-corrected chi connectivity index (χ2v) is 5.94. The number of fused-ring (bicyclic) bond motifs is 1. The van der Waals surface area contributed by atoms with Gasteiger partial charge in [-0.3, -0.25) is 9.36 Å². The monoisotopic (exact) mass is 357 g/mol. The lowest BCUT2D eigenvalue weighted by Gasteiger charge is -2.12. The average molecular weight is 358 g/mol. The van der Waals surface area contributed by atoms with Crippen molar-refractivity contribution in [3.63, 3.8) is 0 Å². The van der Waals surface area contributed by atoms with Gasteiger partial charge in [-0.2, -0.15) is 0 Å². The van der Waals surface area contributed by atoms with Crippen molar-refractivity contribution < 1.29 is 9.53 Å². The largest absolute Gasteiger partial charge is 0.465 e. The molecule has 1 N–H and O–H groups in total. The van der Waals surface area contributed by atoms with Crippen LogP contribution in [0.4, 0.5) is 5.95 Å². The first-order valence-electron chi connectivity index (χ1n) is 7.57. The van der Waals surface area contributed by atoms with E-state index in [0.717, 1.165) is 5.56 Å². The SMILES string of the molecule is COC(=O)c1ccc2c(=O)n(C)c(NCc3ccc(Cl)cc3)nc2c1. The van der Waals surface area contributed by atoms with Crippen molar-refractivity contribution in [1.82, 2.24) is 9.55 Å². The predicted molar refractivity (Wildman–Crippen MR) is 97.1 cm³/mol. The van der Waals surface area contributed by atoms with Gasteiger partial charge < -0.3 is 10.1 Å². The third kappa shape index (κ3) is 3.49. The van der Waals surface area contributed by atoms with Gasteiger partial charge >= 0.3 is 5.97 Å². The lowest BCUT2D eigenvalue weighted by molar-refractivity contribution is 0.0601. The number of anilines is 1. The molecule has 2 aromatic carbocycles. The van der Waals surface area contributed by atoms with Gasteiger partial charge in [0.05, 0.1) is 23.6 Å². The minimum atomic E-state index is -0.472. The van der Waals surface area contributed by atoms with Crippen LogP contribution in [-0.4, -0.2) is 22.6 Å². The van der Waals surface area contributed by atoms with E-state index in [4.69, 9.17) is 16.3 Å². The van der Waals surface area contributed by atoms with E-state index < -0.39 is 5.97 Å². The van der Waals surface area contributed by atoms with Crippen LogP contribution in [0.5, 0.6) is 0 Å². The van der Waals surface area contributed by atoms with Gasteiger partial charge in [-0.15, -0.1) is 0 Å². The van der Waals surface area contributed by atoms with Crippen molar-refractivity contribution in [3.8, 4) is 0 Å². The fourth-order valence-corrected chi connectivity index (χ4v) is 2.58. The summed E-state index contributed by atoms with van der Waals surface area (Å²) in [5.74, 6) is -0.0606. The first-order valence-corrected chi connectivity index (χ1v) is 7.95. The van der Waals surface area contributed by atoms with Crippen molar-refractivity contribution in [2.24, 2.45) is 7.05 Å². The van der Waals surface area contributed by atoms with E-state index >= 15 is 0 Å². The molecule has 0 amide bonds. The molecule has 128 valence electrons. The molecule has 0 aliphatic heterocycles. The molecule has 0 saturated carbocycles. The van der Waals surface area contributed by atoms with Crippen molar-refractivity contribution in [3.05, 3.63) is 69.0 Å². The van der Waals surface area contributed by atoms with Gasteiger partial charge in [0.25, 0.3) is 5.56 Å². The number of rotatable bonds is 4. The van der Waals surface area contributed by atoms with Gasteiger partial charge in [-0.05, 0) is 35.9 Å². The number of carbonyl (C=O) groups excluding carboxylic acids is 1. The Hall–Kier alpha value is -2.86. The molecule has 0 unspecified atom stereocenters.